The lowest BCUT2D eigenvalue weighted by Crippen LogP contribution is -2.38. The monoisotopic (exact) mass is 287 g/mol. The summed E-state index contributed by atoms with van der Waals surface area (Å²) in [6.07, 6.45) is 0.100. The molecule has 21 heavy (non-hydrogen) atoms. The van der Waals surface area contributed by atoms with E-state index in [0.29, 0.717) is 5.88 Å². The maximum absolute atomic E-state index is 6.13. The molecule has 0 spiro atoms. The summed E-state index contributed by atoms with van der Waals surface area (Å²) in [6, 6.07) is 10.2. The summed E-state index contributed by atoms with van der Waals surface area (Å²) >= 11 is 0. The van der Waals surface area contributed by atoms with Crippen molar-refractivity contribution in [1.29, 1.82) is 0 Å². The molecule has 0 saturated carbocycles. The van der Waals surface area contributed by atoms with Crippen molar-refractivity contribution in [3.8, 4) is 5.88 Å². The summed E-state index contributed by atoms with van der Waals surface area (Å²) in [4.78, 5) is 8.91. The number of hydrogen-bond donors (Lipinski definition) is 0. The van der Waals surface area contributed by atoms with Gasteiger partial charge in [0.25, 0.3) is 0 Å². The van der Waals surface area contributed by atoms with Gasteiger partial charge in [-0.15, -0.1) is 0 Å². The van der Waals surface area contributed by atoms with E-state index in [1.54, 1.807) is 0 Å². The first kappa shape index (κ1) is 15.7. The summed E-state index contributed by atoms with van der Waals surface area (Å²) in [7, 11) is 8.24. The van der Waals surface area contributed by atoms with E-state index in [9.17, 15) is 0 Å². The third-order valence-electron chi connectivity index (χ3n) is 3.32. The van der Waals surface area contributed by atoms with Gasteiger partial charge in [-0.25, -0.2) is 4.98 Å². The van der Waals surface area contributed by atoms with Crippen molar-refractivity contribution in [1.82, 2.24) is 14.8 Å². The highest BCUT2D eigenvalue weighted by atomic mass is 16.5. The number of rotatable bonds is 6. The van der Waals surface area contributed by atoms with Gasteiger partial charge in [0, 0.05) is 24.5 Å². The Morgan fingerprint density at radius 3 is 2.29 bits per heavy atom. The molecule has 0 amide bonds. The first-order valence-electron chi connectivity index (χ1n) is 7.28. The zero-order chi connectivity index (χ0) is 15.4. The summed E-state index contributed by atoms with van der Waals surface area (Å²) in [5.41, 5.74) is 2.19. The highest BCUT2D eigenvalue weighted by molar-refractivity contribution is 5.82. The van der Waals surface area contributed by atoms with Crippen molar-refractivity contribution >= 4 is 10.9 Å². The van der Waals surface area contributed by atoms with Crippen LogP contribution in [-0.4, -0.2) is 62.2 Å². The van der Waals surface area contributed by atoms with Crippen LogP contribution in [0.25, 0.3) is 10.9 Å². The molecule has 0 aliphatic carbocycles. The number of nitrogens with zero attached hydrogens (tertiary/aromatic N) is 3. The van der Waals surface area contributed by atoms with Crippen LogP contribution in [0.2, 0.25) is 0 Å². The number of hydrogen-bond acceptors (Lipinski definition) is 4. The van der Waals surface area contributed by atoms with Crippen LogP contribution in [0.1, 0.15) is 5.56 Å². The molecular weight excluding hydrogens is 262 g/mol. The number of benzene rings is 1. The van der Waals surface area contributed by atoms with E-state index < -0.39 is 0 Å². The number of likely N-dealkylation sites (N-methyl/N-ethyl adjacent to an activating group) is 2. The lowest BCUT2D eigenvalue weighted by atomic mass is 10.1. The molecule has 0 saturated heterocycles. The third kappa shape index (κ3) is 4.41. The van der Waals surface area contributed by atoms with Crippen molar-refractivity contribution < 1.29 is 4.74 Å². The van der Waals surface area contributed by atoms with Gasteiger partial charge in [-0.05, 0) is 46.7 Å². The molecule has 114 valence electrons. The summed E-state index contributed by atoms with van der Waals surface area (Å²) < 4.78 is 6.13. The topological polar surface area (TPSA) is 28.6 Å². The highest BCUT2D eigenvalue weighted by Gasteiger charge is 2.14. The molecule has 2 rings (SSSR count). The standard InChI is InChI=1S/C17H25N3O/c1-13-10-17(18-16-9-7-6-8-15(13)16)21-14(11-19(2)3)12-20(4)5/h6-10,14H,11-12H2,1-5H3. The van der Waals surface area contributed by atoms with E-state index >= 15 is 0 Å². The molecule has 0 N–H and O–H groups in total. The van der Waals surface area contributed by atoms with Gasteiger partial charge in [0.2, 0.25) is 5.88 Å². The minimum absolute atomic E-state index is 0.100. The Bertz CT molecular complexity index is 586. The van der Waals surface area contributed by atoms with Gasteiger partial charge in [-0.1, -0.05) is 18.2 Å². The van der Waals surface area contributed by atoms with Crippen LogP contribution in [0.5, 0.6) is 5.88 Å². The third-order valence-corrected chi connectivity index (χ3v) is 3.32. The van der Waals surface area contributed by atoms with Crippen molar-refractivity contribution in [2.75, 3.05) is 41.3 Å². The van der Waals surface area contributed by atoms with Crippen molar-refractivity contribution in [2.24, 2.45) is 0 Å². The van der Waals surface area contributed by atoms with Gasteiger partial charge in [0.05, 0.1) is 5.52 Å². The number of aryl methyl sites for hydroxylation is 1. The van der Waals surface area contributed by atoms with Crippen LogP contribution in [0.15, 0.2) is 30.3 Å². The first-order chi connectivity index (χ1) is 9.95. The predicted octanol–water partition coefficient (Wildman–Crippen LogP) is 2.41. The second kappa shape index (κ2) is 6.87. The quantitative estimate of drug-likeness (QED) is 0.816. The SMILES string of the molecule is Cc1cc(OC(CN(C)C)CN(C)C)nc2ccccc12. The second-order valence-corrected chi connectivity index (χ2v) is 6.06. The largest absolute Gasteiger partial charge is 0.472 e. The molecule has 4 heteroatoms. The van der Waals surface area contributed by atoms with E-state index in [-0.39, 0.29) is 6.10 Å². The zero-order valence-electron chi connectivity index (χ0n) is 13.6. The minimum atomic E-state index is 0.100. The molecular formula is C17H25N3O. The van der Waals surface area contributed by atoms with E-state index in [4.69, 9.17) is 4.74 Å². The smallest absolute Gasteiger partial charge is 0.214 e. The molecule has 4 nitrogen and oxygen atoms in total. The fourth-order valence-corrected chi connectivity index (χ4v) is 2.50. The van der Waals surface area contributed by atoms with Crippen molar-refractivity contribution in [3.63, 3.8) is 0 Å². The Morgan fingerprint density at radius 1 is 1.05 bits per heavy atom. The summed E-state index contributed by atoms with van der Waals surface area (Å²) in [5.74, 6) is 0.708. The van der Waals surface area contributed by atoms with E-state index in [2.05, 4.69) is 56.0 Å². The fourth-order valence-electron chi connectivity index (χ4n) is 2.50. The van der Waals surface area contributed by atoms with Crippen LogP contribution >= 0.6 is 0 Å². The number of aromatic nitrogens is 1. The van der Waals surface area contributed by atoms with Gasteiger partial charge >= 0.3 is 0 Å². The Balaban J connectivity index is 2.23. The van der Waals surface area contributed by atoms with E-state index in [1.807, 2.05) is 24.3 Å². The van der Waals surface area contributed by atoms with Crippen molar-refractivity contribution in [2.45, 2.75) is 13.0 Å². The van der Waals surface area contributed by atoms with Gasteiger partial charge in [-0.3, -0.25) is 0 Å². The molecule has 0 bridgehead atoms. The molecule has 0 fully saturated rings. The average Bonchev–Trinajstić information content (AvgIpc) is 2.37. The maximum Gasteiger partial charge on any atom is 0.214 e. The Hall–Kier alpha value is -1.65. The molecule has 1 heterocycles. The van der Waals surface area contributed by atoms with E-state index in [1.165, 1.54) is 10.9 Å². The molecule has 0 aliphatic rings. The number of ether oxygens (including phenoxy) is 1. The molecule has 1 aromatic carbocycles. The zero-order valence-corrected chi connectivity index (χ0v) is 13.6. The Morgan fingerprint density at radius 2 is 1.67 bits per heavy atom. The highest BCUT2D eigenvalue weighted by Crippen LogP contribution is 2.21. The molecule has 0 radical (unpaired) electrons. The summed E-state index contributed by atoms with van der Waals surface area (Å²) in [6.45, 7) is 3.83. The molecule has 0 aliphatic heterocycles. The Kier molecular flexibility index (Phi) is 5.15. The summed E-state index contributed by atoms with van der Waals surface area (Å²) in [5, 5.41) is 1.18. The molecule has 0 unspecified atom stereocenters. The number of pyridine rings is 1. The lowest BCUT2D eigenvalue weighted by molar-refractivity contribution is 0.124. The lowest BCUT2D eigenvalue weighted by Gasteiger charge is -2.25. The number of fused-ring (bicyclic) bond motifs is 1. The van der Waals surface area contributed by atoms with Crippen LogP contribution in [-0.2, 0) is 0 Å². The Labute approximate surface area is 127 Å². The van der Waals surface area contributed by atoms with Crippen molar-refractivity contribution in [3.05, 3.63) is 35.9 Å². The molecule has 1 aromatic heterocycles. The average molecular weight is 287 g/mol. The van der Waals surface area contributed by atoms with Crippen LogP contribution in [0.3, 0.4) is 0 Å². The van der Waals surface area contributed by atoms with Crippen LogP contribution < -0.4 is 4.74 Å². The normalized spacial score (nSPS) is 11.8. The maximum atomic E-state index is 6.13. The minimum Gasteiger partial charge on any atom is -0.472 e. The van der Waals surface area contributed by atoms with Crippen LogP contribution in [0.4, 0.5) is 0 Å². The molecule has 0 atom stereocenters. The predicted molar refractivity (Wildman–Crippen MR) is 88.0 cm³/mol. The van der Waals surface area contributed by atoms with Gasteiger partial charge in [0.15, 0.2) is 0 Å². The van der Waals surface area contributed by atoms with Crippen LogP contribution in [0, 0.1) is 6.92 Å². The van der Waals surface area contributed by atoms with Gasteiger partial charge in [-0.2, -0.15) is 0 Å². The number of para-hydroxylation sites is 1. The van der Waals surface area contributed by atoms with Gasteiger partial charge < -0.3 is 14.5 Å². The molecule has 2 aromatic rings. The van der Waals surface area contributed by atoms with Gasteiger partial charge in [0.1, 0.15) is 6.10 Å². The first-order valence-corrected chi connectivity index (χ1v) is 7.28. The second-order valence-electron chi connectivity index (χ2n) is 6.06. The van der Waals surface area contributed by atoms with E-state index in [0.717, 1.165) is 18.6 Å². The fraction of sp³-hybridized carbons (Fsp3) is 0.471.